The SMILES string of the molecule is Cc1nc(C(=O)NCCc2ccc(Cl)cc2Cl)cc(N2CCOCC2)n1. The minimum Gasteiger partial charge on any atom is -0.378 e. The van der Waals surface area contributed by atoms with Gasteiger partial charge in [0.05, 0.1) is 13.2 Å². The Hall–Kier alpha value is -1.89. The van der Waals surface area contributed by atoms with Crippen LogP contribution in [0.2, 0.25) is 10.0 Å². The smallest absolute Gasteiger partial charge is 0.270 e. The molecule has 8 heteroatoms. The van der Waals surface area contributed by atoms with Gasteiger partial charge in [-0.1, -0.05) is 29.3 Å². The molecule has 0 unspecified atom stereocenters. The van der Waals surface area contributed by atoms with E-state index in [-0.39, 0.29) is 5.91 Å². The molecule has 2 heterocycles. The van der Waals surface area contributed by atoms with Gasteiger partial charge in [-0.15, -0.1) is 0 Å². The van der Waals surface area contributed by atoms with Gasteiger partial charge in [0, 0.05) is 35.7 Å². The van der Waals surface area contributed by atoms with Crippen LogP contribution in [0, 0.1) is 6.92 Å². The zero-order valence-corrected chi connectivity index (χ0v) is 16.0. The Labute approximate surface area is 162 Å². The van der Waals surface area contributed by atoms with Crippen LogP contribution in [0.1, 0.15) is 21.9 Å². The molecular weight excluding hydrogens is 375 g/mol. The summed E-state index contributed by atoms with van der Waals surface area (Å²) < 4.78 is 5.36. The van der Waals surface area contributed by atoms with E-state index in [4.69, 9.17) is 27.9 Å². The summed E-state index contributed by atoms with van der Waals surface area (Å²) in [6.45, 7) is 5.07. The number of halogens is 2. The van der Waals surface area contributed by atoms with Crippen molar-refractivity contribution in [2.75, 3.05) is 37.7 Å². The number of anilines is 1. The quantitative estimate of drug-likeness (QED) is 0.844. The van der Waals surface area contributed by atoms with Crippen LogP contribution in [0.15, 0.2) is 24.3 Å². The van der Waals surface area contributed by atoms with Crippen LogP contribution < -0.4 is 10.2 Å². The summed E-state index contributed by atoms with van der Waals surface area (Å²) >= 11 is 12.1. The van der Waals surface area contributed by atoms with E-state index in [2.05, 4.69) is 20.2 Å². The summed E-state index contributed by atoms with van der Waals surface area (Å²) in [5, 5.41) is 4.07. The summed E-state index contributed by atoms with van der Waals surface area (Å²) in [6, 6.07) is 7.07. The molecule has 3 rings (SSSR count). The molecule has 26 heavy (non-hydrogen) atoms. The van der Waals surface area contributed by atoms with Crippen molar-refractivity contribution < 1.29 is 9.53 Å². The summed E-state index contributed by atoms with van der Waals surface area (Å²) in [5.41, 5.74) is 1.30. The van der Waals surface area contributed by atoms with Gasteiger partial charge in [-0.05, 0) is 31.0 Å². The molecule has 1 N–H and O–H groups in total. The first-order valence-electron chi connectivity index (χ1n) is 8.43. The predicted molar refractivity (Wildman–Crippen MR) is 102 cm³/mol. The first-order valence-corrected chi connectivity index (χ1v) is 9.19. The fraction of sp³-hybridized carbons (Fsp3) is 0.389. The third-order valence-corrected chi connectivity index (χ3v) is 4.67. The minimum absolute atomic E-state index is 0.227. The lowest BCUT2D eigenvalue weighted by atomic mass is 10.1. The van der Waals surface area contributed by atoms with E-state index in [1.165, 1.54) is 0 Å². The molecule has 1 saturated heterocycles. The number of morpholine rings is 1. The van der Waals surface area contributed by atoms with Crippen molar-refractivity contribution in [1.82, 2.24) is 15.3 Å². The predicted octanol–water partition coefficient (Wildman–Crippen LogP) is 2.90. The van der Waals surface area contributed by atoms with Gasteiger partial charge in [0.2, 0.25) is 0 Å². The number of hydrogen-bond donors (Lipinski definition) is 1. The van der Waals surface area contributed by atoms with Gasteiger partial charge in [0.15, 0.2) is 0 Å². The van der Waals surface area contributed by atoms with Crippen LogP contribution in [0.25, 0.3) is 0 Å². The van der Waals surface area contributed by atoms with E-state index in [9.17, 15) is 4.79 Å². The highest BCUT2D eigenvalue weighted by atomic mass is 35.5. The van der Waals surface area contributed by atoms with Crippen LogP contribution in [-0.2, 0) is 11.2 Å². The molecule has 6 nitrogen and oxygen atoms in total. The number of carbonyl (C=O) groups excluding carboxylic acids is 1. The zero-order valence-electron chi connectivity index (χ0n) is 14.5. The van der Waals surface area contributed by atoms with Crippen molar-refractivity contribution in [3.8, 4) is 0 Å². The van der Waals surface area contributed by atoms with Crippen molar-refractivity contribution in [2.24, 2.45) is 0 Å². The molecule has 0 atom stereocenters. The molecule has 1 aliphatic heterocycles. The number of ether oxygens (including phenoxy) is 1. The van der Waals surface area contributed by atoms with E-state index in [1.54, 1.807) is 25.1 Å². The van der Waals surface area contributed by atoms with Crippen LogP contribution in [-0.4, -0.2) is 48.7 Å². The van der Waals surface area contributed by atoms with Gasteiger partial charge >= 0.3 is 0 Å². The third kappa shape index (κ3) is 4.84. The lowest BCUT2D eigenvalue weighted by Gasteiger charge is -2.28. The number of amides is 1. The van der Waals surface area contributed by atoms with E-state index in [1.807, 2.05) is 6.07 Å². The van der Waals surface area contributed by atoms with Gasteiger partial charge in [-0.3, -0.25) is 4.79 Å². The van der Waals surface area contributed by atoms with Crippen molar-refractivity contribution in [3.05, 3.63) is 51.4 Å². The van der Waals surface area contributed by atoms with E-state index < -0.39 is 0 Å². The number of nitrogens with zero attached hydrogens (tertiary/aromatic N) is 3. The maximum absolute atomic E-state index is 12.5. The fourth-order valence-electron chi connectivity index (χ4n) is 2.75. The largest absolute Gasteiger partial charge is 0.378 e. The van der Waals surface area contributed by atoms with Gasteiger partial charge in [-0.25, -0.2) is 9.97 Å². The van der Waals surface area contributed by atoms with Crippen molar-refractivity contribution >= 4 is 34.9 Å². The average molecular weight is 395 g/mol. The summed E-state index contributed by atoms with van der Waals surface area (Å²) in [4.78, 5) is 23.3. The van der Waals surface area contributed by atoms with Gasteiger partial charge in [0.1, 0.15) is 17.3 Å². The summed E-state index contributed by atoms with van der Waals surface area (Å²) in [6.07, 6.45) is 0.613. The maximum atomic E-state index is 12.5. The summed E-state index contributed by atoms with van der Waals surface area (Å²) in [7, 11) is 0. The monoisotopic (exact) mass is 394 g/mol. The highest BCUT2D eigenvalue weighted by Gasteiger charge is 2.16. The molecule has 0 aliphatic carbocycles. The Morgan fingerprint density at radius 2 is 2.00 bits per heavy atom. The maximum Gasteiger partial charge on any atom is 0.270 e. The van der Waals surface area contributed by atoms with Gasteiger partial charge in [0.25, 0.3) is 5.91 Å². The Kier molecular flexibility index (Phi) is 6.29. The fourth-order valence-corrected chi connectivity index (χ4v) is 3.25. The van der Waals surface area contributed by atoms with Crippen molar-refractivity contribution in [3.63, 3.8) is 0 Å². The normalized spacial score (nSPS) is 14.3. The Morgan fingerprint density at radius 1 is 1.23 bits per heavy atom. The van der Waals surface area contributed by atoms with Crippen molar-refractivity contribution in [1.29, 1.82) is 0 Å². The molecule has 0 radical (unpaired) electrons. The molecule has 0 spiro atoms. The number of aromatic nitrogens is 2. The molecule has 1 aromatic heterocycles. The Bertz CT molecular complexity index is 795. The topological polar surface area (TPSA) is 67.4 Å². The number of nitrogens with one attached hydrogen (secondary N) is 1. The third-order valence-electron chi connectivity index (χ3n) is 4.09. The second-order valence-corrected chi connectivity index (χ2v) is 6.84. The zero-order chi connectivity index (χ0) is 18.5. The number of benzene rings is 1. The molecule has 0 saturated carbocycles. The lowest BCUT2D eigenvalue weighted by molar-refractivity contribution is 0.0948. The number of rotatable bonds is 5. The van der Waals surface area contributed by atoms with Gasteiger partial charge in [-0.2, -0.15) is 0 Å². The van der Waals surface area contributed by atoms with Gasteiger partial charge < -0.3 is 15.0 Å². The molecule has 2 aromatic rings. The molecule has 1 fully saturated rings. The van der Waals surface area contributed by atoms with Crippen LogP contribution in [0.3, 0.4) is 0 Å². The highest BCUT2D eigenvalue weighted by Crippen LogP contribution is 2.21. The van der Waals surface area contributed by atoms with E-state index in [0.29, 0.717) is 47.7 Å². The molecule has 0 bridgehead atoms. The lowest BCUT2D eigenvalue weighted by Crippen LogP contribution is -2.37. The molecule has 1 amide bonds. The Balaban J connectivity index is 1.63. The second kappa shape index (κ2) is 8.66. The second-order valence-electron chi connectivity index (χ2n) is 6.00. The number of hydrogen-bond acceptors (Lipinski definition) is 5. The minimum atomic E-state index is -0.227. The number of carbonyl (C=O) groups is 1. The van der Waals surface area contributed by atoms with Crippen LogP contribution >= 0.6 is 23.2 Å². The molecule has 138 valence electrons. The van der Waals surface area contributed by atoms with Crippen molar-refractivity contribution in [2.45, 2.75) is 13.3 Å². The standard InChI is InChI=1S/C18H20Cl2N4O2/c1-12-22-16(11-17(23-12)24-6-8-26-9-7-24)18(25)21-5-4-13-2-3-14(19)10-15(13)20/h2-3,10-11H,4-9H2,1H3,(H,21,25). The first-order chi connectivity index (χ1) is 12.5. The molecule has 1 aromatic carbocycles. The average Bonchev–Trinajstić information content (AvgIpc) is 2.63. The summed E-state index contributed by atoms with van der Waals surface area (Å²) in [5.74, 6) is 1.10. The molecule has 1 aliphatic rings. The van der Waals surface area contributed by atoms with Crippen LogP contribution in [0.5, 0.6) is 0 Å². The first kappa shape index (κ1) is 18.9. The van der Waals surface area contributed by atoms with E-state index in [0.717, 1.165) is 24.5 Å². The Morgan fingerprint density at radius 3 is 2.73 bits per heavy atom. The number of aryl methyl sites for hydroxylation is 1. The van der Waals surface area contributed by atoms with Crippen LogP contribution in [0.4, 0.5) is 5.82 Å². The molecular formula is C18H20Cl2N4O2. The highest BCUT2D eigenvalue weighted by molar-refractivity contribution is 6.35. The van der Waals surface area contributed by atoms with E-state index >= 15 is 0 Å².